The largest absolute Gasteiger partial charge is 0.489 e. The van der Waals surface area contributed by atoms with Gasteiger partial charge in [-0.05, 0) is 61.8 Å². The van der Waals surface area contributed by atoms with Crippen LogP contribution >= 0.6 is 15.9 Å². The quantitative estimate of drug-likeness (QED) is 0.763. The molecular formula is C17H24BrNO3. The number of hydrogen-bond acceptors (Lipinski definition) is 3. The number of halogens is 1. The molecule has 0 aliphatic heterocycles. The molecule has 0 saturated heterocycles. The molecule has 0 spiro atoms. The highest BCUT2D eigenvalue weighted by molar-refractivity contribution is 9.10. The summed E-state index contributed by atoms with van der Waals surface area (Å²) in [6.45, 7) is 6.33. The molecule has 2 rings (SSSR count). The molecular weight excluding hydrogens is 346 g/mol. The van der Waals surface area contributed by atoms with Gasteiger partial charge in [0.05, 0.1) is 0 Å². The lowest BCUT2D eigenvalue weighted by Gasteiger charge is -2.30. The van der Waals surface area contributed by atoms with Crippen molar-refractivity contribution in [3.63, 3.8) is 0 Å². The summed E-state index contributed by atoms with van der Waals surface area (Å²) in [5.41, 5.74) is 5.72. The molecule has 1 unspecified atom stereocenters. The van der Waals surface area contributed by atoms with Crippen LogP contribution in [0.5, 0.6) is 5.75 Å². The van der Waals surface area contributed by atoms with E-state index in [1.807, 2.05) is 19.1 Å². The molecule has 1 saturated carbocycles. The zero-order valence-corrected chi connectivity index (χ0v) is 15.0. The Kier molecular flexibility index (Phi) is 5.37. The number of nitrogens with two attached hydrogens (primary N) is 1. The Labute approximate surface area is 140 Å². The standard InChI is InChI=1S/C17H24BrNO3/c1-11(2)9-17(3,22-16(19)20)10-21-15-7-6-13(18)8-14(15)12-4-5-12/h6-8,11-12H,4-5,9-10H2,1-3H3,(H2,19,20). The van der Waals surface area contributed by atoms with E-state index >= 15 is 0 Å². The van der Waals surface area contributed by atoms with Gasteiger partial charge in [0.25, 0.3) is 0 Å². The van der Waals surface area contributed by atoms with Gasteiger partial charge in [-0.2, -0.15) is 0 Å². The summed E-state index contributed by atoms with van der Waals surface area (Å²) in [4.78, 5) is 11.2. The van der Waals surface area contributed by atoms with Crippen LogP contribution in [0.4, 0.5) is 4.79 Å². The molecule has 5 heteroatoms. The Bertz CT molecular complexity index is 543. The van der Waals surface area contributed by atoms with Crippen LogP contribution in [0.2, 0.25) is 0 Å². The van der Waals surface area contributed by atoms with Gasteiger partial charge in [0.2, 0.25) is 0 Å². The number of ether oxygens (including phenoxy) is 2. The number of primary amides is 1. The highest BCUT2D eigenvalue weighted by atomic mass is 79.9. The molecule has 1 amide bonds. The fraction of sp³-hybridized carbons (Fsp3) is 0.588. The van der Waals surface area contributed by atoms with E-state index in [0.29, 0.717) is 24.9 Å². The lowest BCUT2D eigenvalue weighted by molar-refractivity contribution is -0.0188. The van der Waals surface area contributed by atoms with E-state index in [4.69, 9.17) is 15.2 Å². The van der Waals surface area contributed by atoms with Crippen molar-refractivity contribution in [2.24, 2.45) is 11.7 Å². The molecule has 1 aliphatic carbocycles. The Balaban J connectivity index is 2.10. The van der Waals surface area contributed by atoms with E-state index in [2.05, 4.69) is 35.8 Å². The van der Waals surface area contributed by atoms with E-state index in [0.717, 1.165) is 10.2 Å². The minimum atomic E-state index is -0.759. The third-order valence-electron chi connectivity index (χ3n) is 3.71. The van der Waals surface area contributed by atoms with Crippen LogP contribution in [0.25, 0.3) is 0 Å². The number of benzene rings is 1. The minimum absolute atomic E-state index is 0.301. The third kappa shape index (κ3) is 4.90. The first-order chi connectivity index (χ1) is 10.3. The van der Waals surface area contributed by atoms with Crippen LogP contribution in [-0.4, -0.2) is 18.3 Å². The number of amides is 1. The summed E-state index contributed by atoms with van der Waals surface area (Å²) in [6, 6.07) is 6.05. The maximum Gasteiger partial charge on any atom is 0.405 e. The summed E-state index contributed by atoms with van der Waals surface area (Å²) in [5, 5.41) is 0. The lowest BCUT2D eigenvalue weighted by atomic mass is 9.95. The zero-order chi connectivity index (χ0) is 16.3. The molecule has 122 valence electrons. The van der Waals surface area contributed by atoms with Gasteiger partial charge < -0.3 is 15.2 Å². The van der Waals surface area contributed by atoms with Crippen molar-refractivity contribution in [2.75, 3.05) is 6.61 Å². The second-order valence-electron chi connectivity index (χ2n) is 6.71. The predicted octanol–water partition coefficient (Wildman–Crippen LogP) is 4.61. The highest BCUT2D eigenvalue weighted by Gasteiger charge is 2.32. The zero-order valence-electron chi connectivity index (χ0n) is 13.4. The van der Waals surface area contributed by atoms with Gasteiger partial charge in [-0.15, -0.1) is 0 Å². The van der Waals surface area contributed by atoms with Crippen molar-refractivity contribution < 1.29 is 14.3 Å². The van der Waals surface area contributed by atoms with Crippen LogP contribution in [0.1, 0.15) is 51.5 Å². The molecule has 1 fully saturated rings. The van der Waals surface area contributed by atoms with Gasteiger partial charge >= 0.3 is 6.09 Å². The third-order valence-corrected chi connectivity index (χ3v) is 4.20. The van der Waals surface area contributed by atoms with Crippen molar-refractivity contribution in [3.8, 4) is 5.75 Å². The molecule has 22 heavy (non-hydrogen) atoms. The summed E-state index contributed by atoms with van der Waals surface area (Å²) in [6.07, 6.45) is 2.34. The molecule has 1 atom stereocenters. The van der Waals surface area contributed by atoms with Gasteiger partial charge in [-0.25, -0.2) is 4.79 Å². The molecule has 0 aromatic heterocycles. The molecule has 0 radical (unpaired) electrons. The van der Waals surface area contributed by atoms with Gasteiger partial charge in [0, 0.05) is 4.47 Å². The first-order valence-electron chi connectivity index (χ1n) is 7.70. The minimum Gasteiger partial charge on any atom is -0.489 e. The number of rotatable bonds is 7. The van der Waals surface area contributed by atoms with Crippen molar-refractivity contribution in [1.82, 2.24) is 0 Å². The summed E-state index contributed by atoms with van der Waals surface area (Å²) in [7, 11) is 0. The van der Waals surface area contributed by atoms with E-state index in [1.54, 1.807) is 0 Å². The van der Waals surface area contributed by atoms with Crippen molar-refractivity contribution in [3.05, 3.63) is 28.2 Å². The van der Waals surface area contributed by atoms with Crippen molar-refractivity contribution in [2.45, 2.75) is 51.6 Å². The fourth-order valence-corrected chi connectivity index (χ4v) is 3.21. The van der Waals surface area contributed by atoms with Crippen molar-refractivity contribution in [1.29, 1.82) is 0 Å². The first kappa shape index (κ1) is 17.1. The SMILES string of the molecule is CC(C)CC(C)(COc1ccc(Br)cc1C1CC1)OC(N)=O. The Morgan fingerprint density at radius 2 is 2.14 bits per heavy atom. The maximum absolute atomic E-state index is 11.2. The molecule has 1 aromatic carbocycles. The van der Waals surface area contributed by atoms with Gasteiger partial charge in [-0.3, -0.25) is 0 Å². The van der Waals surface area contributed by atoms with E-state index in [9.17, 15) is 4.79 Å². The van der Waals surface area contributed by atoms with E-state index < -0.39 is 11.7 Å². The van der Waals surface area contributed by atoms with Crippen LogP contribution in [0, 0.1) is 5.92 Å². The Morgan fingerprint density at radius 1 is 1.45 bits per heavy atom. The second-order valence-corrected chi connectivity index (χ2v) is 7.63. The van der Waals surface area contributed by atoms with Gasteiger partial charge in [0.1, 0.15) is 18.0 Å². The lowest BCUT2D eigenvalue weighted by Crippen LogP contribution is -2.41. The first-order valence-corrected chi connectivity index (χ1v) is 8.49. The number of carbonyl (C=O) groups is 1. The Hall–Kier alpha value is -1.23. The van der Waals surface area contributed by atoms with E-state index in [1.165, 1.54) is 18.4 Å². The number of carbonyl (C=O) groups excluding carboxylic acids is 1. The van der Waals surface area contributed by atoms with Crippen LogP contribution in [0.3, 0.4) is 0 Å². The Morgan fingerprint density at radius 3 is 2.68 bits per heavy atom. The molecule has 0 bridgehead atoms. The van der Waals surface area contributed by atoms with Crippen LogP contribution in [0.15, 0.2) is 22.7 Å². The topological polar surface area (TPSA) is 61.6 Å². The smallest absolute Gasteiger partial charge is 0.405 e. The molecule has 4 nitrogen and oxygen atoms in total. The van der Waals surface area contributed by atoms with Gasteiger partial charge in [-0.1, -0.05) is 29.8 Å². The van der Waals surface area contributed by atoms with Crippen molar-refractivity contribution >= 4 is 22.0 Å². The fourth-order valence-electron chi connectivity index (χ4n) is 2.83. The van der Waals surface area contributed by atoms with Gasteiger partial charge in [0.15, 0.2) is 0 Å². The molecule has 1 aromatic rings. The predicted molar refractivity (Wildman–Crippen MR) is 90.1 cm³/mol. The summed E-state index contributed by atoms with van der Waals surface area (Å²) in [5.74, 6) is 1.83. The summed E-state index contributed by atoms with van der Waals surface area (Å²) >= 11 is 3.51. The molecule has 0 heterocycles. The average molecular weight is 370 g/mol. The van der Waals surface area contributed by atoms with Crippen LogP contribution < -0.4 is 10.5 Å². The van der Waals surface area contributed by atoms with Crippen LogP contribution in [-0.2, 0) is 4.74 Å². The normalized spacial score (nSPS) is 17.1. The highest BCUT2D eigenvalue weighted by Crippen LogP contribution is 2.45. The monoisotopic (exact) mass is 369 g/mol. The van der Waals surface area contributed by atoms with E-state index in [-0.39, 0.29) is 0 Å². The maximum atomic E-state index is 11.2. The summed E-state index contributed by atoms with van der Waals surface area (Å²) < 4.78 is 12.4. The molecule has 1 aliphatic rings. The average Bonchev–Trinajstić information content (AvgIpc) is 3.19. The second kappa shape index (κ2) is 6.90. The number of hydrogen-bond donors (Lipinski definition) is 1. The molecule has 2 N–H and O–H groups in total.